The van der Waals surface area contributed by atoms with Gasteiger partial charge in [-0.3, -0.25) is 9.59 Å². The van der Waals surface area contributed by atoms with Crippen LogP contribution in [0, 0.1) is 29.1 Å². The van der Waals surface area contributed by atoms with E-state index in [-0.39, 0.29) is 29.7 Å². The molecule has 1 aliphatic heterocycles. The van der Waals surface area contributed by atoms with Crippen molar-refractivity contribution in [2.24, 2.45) is 17.8 Å². The van der Waals surface area contributed by atoms with E-state index < -0.39 is 0 Å². The summed E-state index contributed by atoms with van der Waals surface area (Å²) in [5, 5.41) is 13.3. The number of aromatic nitrogens is 1. The highest BCUT2D eigenvalue weighted by Crippen LogP contribution is 2.39. The summed E-state index contributed by atoms with van der Waals surface area (Å²) >= 11 is 0. The second kappa shape index (κ2) is 6.79. The molecule has 144 valence electrons. The van der Waals surface area contributed by atoms with Gasteiger partial charge in [-0.25, -0.2) is 4.98 Å². The molecular weight excluding hydrogens is 354 g/mol. The minimum atomic E-state index is -0.257. The van der Waals surface area contributed by atoms with Crippen LogP contribution >= 0.6 is 0 Å². The predicted molar refractivity (Wildman–Crippen MR) is 107 cm³/mol. The lowest BCUT2D eigenvalue weighted by molar-refractivity contribution is -0.118. The smallest absolute Gasteiger partial charge is 0.230 e. The van der Waals surface area contributed by atoms with Crippen LogP contribution in [0.25, 0.3) is 10.8 Å². The van der Waals surface area contributed by atoms with Crippen molar-refractivity contribution in [1.82, 2.24) is 4.98 Å². The number of hydrogen-bond acceptors (Lipinski definition) is 5. The zero-order chi connectivity index (χ0) is 20.0. The first kappa shape index (κ1) is 18.2. The molecule has 3 N–H and O–H groups in total. The summed E-state index contributed by atoms with van der Waals surface area (Å²) in [6.07, 6.45) is 3.61. The van der Waals surface area contributed by atoms with E-state index in [0.717, 1.165) is 22.9 Å². The van der Waals surface area contributed by atoms with E-state index in [1.54, 1.807) is 12.3 Å². The molecule has 1 saturated carbocycles. The highest BCUT2D eigenvalue weighted by molar-refractivity contribution is 6.03. The molecule has 1 saturated heterocycles. The Morgan fingerprint density at radius 3 is 2.86 bits per heavy atom. The van der Waals surface area contributed by atoms with E-state index in [1.165, 1.54) is 0 Å². The summed E-state index contributed by atoms with van der Waals surface area (Å²) in [4.78, 5) is 30.8. The standard InChI is InChI=1S/C21H23N5O2/c1-11(2)18-3-4-20(27)26(18)14-5-12-7-19(24-10-16(12)17(23)8-14)25-21(28)15-6-13(15)9-22/h5,7-8,10-11,13,15,18H,3-4,6,23H2,1-2H3,(H,24,25,28). The summed E-state index contributed by atoms with van der Waals surface area (Å²) in [5.74, 6) is 0.242. The number of carbonyl (C=O) groups excluding carboxylic acids is 2. The summed E-state index contributed by atoms with van der Waals surface area (Å²) < 4.78 is 0. The van der Waals surface area contributed by atoms with Crippen molar-refractivity contribution in [2.45, 2.75) is 39.2 Å². The summed E-state index contributed by atoms with van der Waals surface area (Å²) in [6, 6.07) is 7.78. The lowest BCUT2D eigenvalue weighted by Gasteiger charge is -2.28. The number of carbonyl (C=O) groups is 2. The predicted octanol–water partition coefficient (Wildman–Crippen LogP) is 3.07. The van der Waals surface area contributed by atoms with Gasteiger partial charge in [0.1, 0.15) is 5.82 Å². The number of pyridine rings is 1. The number of anilines is 3. The van der Waals surface area contributed by atoms with Crippen LogP contribution in [0.5, 0.6) is 0 Å². The lowest BCUT2D eigenvalue weighted by Crippen LogP contribution is -2.36. The number of nitrogens with zero attached hydrogens (tertiary/aromatic N) is 3. The van der Waals surface area contributed by atoms with Gasteiger partial charge in [0, 0.05) is 35.4 Å². The molecule has 2 amide bonds. The van der Waals surface area contributed by atoms with E-state index in [2.05, 4.69) is 30.2 Å². The first-order valence-electron chi connectivity index (χ1n) is 9.61. The Hall–Kier alpha value is -3.14. The number of nitrogens with one attached hydrogen (secondary N) is 1. The van der Waals surface area contributed by atoms with E-state index >= 15 is 0 Å². The molecule has 2 aliphatic rings. The first-order valence-corrected chi connectivity index (χ1v) is 9.61. The molecule has 7 heteroatoms. The van der Waals surface area contributed by atoms with Crippen molar-refractivity contribution in [1.29, 1.82) is 5.26 Å². The molecule has 0 spiro atoms. The minimum Gasteiger partial charge on any atom is -0.398 e. The normalized spacial score (nSPS) is 23.9. The molecule has 28 heavy (non-hydrogen) atoms. The van der Waals surface area contributed by atoms with Crippen LogP contribution < -0.4 is 16.0 Å². The largest absolute Gasteiger partial charge is 0.398 e. The fourth-order valence-corrected chi connectivity index (χ4v) is 4.00. The number of nitriles is 1. The van der Waals surface area contributed by atoms with Gasteiger partial charge in [0.2, 0.25) is 11.8 Å². The van der Waals surface area contributed by atoms with Gasteiger partial charge >= 0.3 is 0 Å². The molecule has 2 fully saturated rings. The first-order chi connectivity index (χ1) is 13.4. The molecule has 7 nitrogen and oxygen atoms in total. The number of nitrogens with two attached hydrogens (primary N) is 1. The van der Waals surface area contributed by atoms with Gasteiger partial charge in [-0.15, -0.1) is 0 Å². The van der Waals surface area contributed by atoms with Gasteiger partial charge in [0.15, 0.2) is 0 Å². The molecular formula is C21H23N5O2. The third-order valence-corrected chi connectivity index (χ3v) is 5.70. The quantitative estimate of drug-likeness (QED) is 0.795. The zero-order valence-electron chi connectivity index (χ0n) is 16.0. The Labute approximate surface area is 163 Å². The fourth-order valence-electron chi connectivity index (χ4n) is 4.00. The van der Waals surface area contributed by atoms with Crippen LogP contribution in [0.1, 0.15) is 33.1 Å². The van der Waals surface area contributed by atoms with Gasteiger partial charge < -0.3 is 16.0 Å². The maximum atomic E-state index is 12.5. The van der Waals surface area contributed by atoms with Crippen molar-refractivity contribution >= 4 is 39.8 Å². The van der Waals surface area contributed by atoms with Crippen LogP contribution in [0.3, 0.4) is 0 Å². The van der Waals surface area contributed by atoms with Crippen LogP contribution in [0.4, 0.5) is 17.2 Å². The Bertz CT molecular complexity index is 1010. The molecule has 3 atom stereocenters. The maximum Gasteiger partial charge on any atom is 0.230 e. The summed E-state index contributed by atoms with van der Waals surface area (Å²) in [5.41, 5.74) is 7.56. The third kappa shape index (κ3) is 3.15. The molecule has 0 bridgehead atoms. The topological polar surface area (TPSA) is 112 Å². The number of amides is 2. The van der Waals surface area contributed by atoms with Crippen LogP contribution in [0.15, 0.2) is 24.4 Å². The Morgan fingerprint density at radius 2 is 2.18 bits per heavy atom. The fraction of sp³-hybridized carbons (Fsp3) is 0.429. The Kier molecular flexibility index (Phi) is 4.42. The lowest BCUT2D eigenvalue weighted by atomic mass is 10.0. The Balaban J connectivity index is 1.66. The second-order valence-corrected chi connectivity index (χ2v) is 8.01. The van der Waals surface area contributed by atoms with Gasteiger partial charge in [-0.2, -0.15) is 5.26 Å². The Morgan fingerprint density at radius 1 is 1.39 bits per heavy atom. The monoisotopic (exact) mass is 377 g/mol. The molecule has 1 aliphatic carbocycles. The van der Waals surface area contributed by atoms with Crippen LogP contribution in [-0.2, 0) is 9.59 Å². The van der Waals surface area contributed by atoms with E-state index in [4.69, 9.17) is 11.0 Å². The second-order valence-electron chi connectivity index (χ2n) is 8.01. The van der Waals surface area contributed by atoms with Crippen molar-refractivity contribution in [3.63, 3.8) is 0 Å². The van der Waals surface area contributed by atoms with Crippen molar-refractivity contribution in [3.8, 4) is 6.07 Å². The molecule has 4 rings (SSSR count). The molecule has 0 radical (unpaired) electrons. The van der Waals surface area contributed by atoms with Crippen LogP contribution in [-0.4, -0.2) is 22.8 Å². The van der Waals surface area contributed by atoms with E-state index in [1.807, 2.05) is 17.0 Å². The number of benzene rings is 1. The summed E-state index contributed by atoms with van der Waals surface area (Å²) in [6.45, 7) is 4.23. The number of nitrogen functional groups attached to an aromatic ring is 1. The molecule has 1 aromatic heterocycles. The average molecular weight is 377 g/mol. The van der Waals surface area contributed by atoms with Gasteiger partial charge in [-0.05, 0) is 42.3 Å². The molecule has 3 unspecified atom stereocenters. The molecule has 2 heterocycles. The number of fused-ring (bicyclic) bond motifs is 1. The van der Waals surface area contributed by atoms with Crippen molar-refractivity contribution in [2.75, 3.05) is 16.0 Å². The van der Waals surface area contributed by atoms with Crippen LogP contribution in [0.2, 0.25) is 0 Å². The van der Waals surface area contributed by atoms with Gasteiger partial charge in [-0.1, -0.05) is 13.8 Å². The SMILES string of the molecule is CC(C)C1CCC(=O)N1c1cc(N)c2cnc(NC(=O)C3CC3C#N)cc2c1. The van der Waals surface area contributed by atoms with E-state index in [0.29, 0.717) is 30.3 Å². The van der Waals surface area contributed by atoms with E-state index in [9.17, 15) is 9.59 Å². The highest BCUT2D eigenvalue weighted by atomic mass is 16.2. The van der Waals surface area contributed by atoms with Crippen molar-refractivity contribution < 1.29 is 9.59 Å². The minimum absolute atomic E-state index is 0.108. The number of hydrogen-bond donors (Lipinski definition) is 2. The third-order valence-electron chi connectivity index (χ3n) is 5.70. The zero-order valence-corrected chi connectivity index (χ0v) is 16.0. The van der Waals surface area contributed by atoms with Gasteiger partial charge in [0.25, 0.3) is 0 Å². The number of rotatable bonds is 4. The maximum absolute atomic E-state index is 12.5. The average Bonchev–Trinajstić information content (AvgIpc) is 3.35. The van der Waals surface area contributed by atoms with Gasteiger partial charge in [0.05, 0.1) is 17.9 Å². The van der Waals surface area contributed by atoms with Crippen molar-refractivity contribution in [3.05, 3.63) is 24.4 Å². The summed E-state index contributed by atoms with van der Waals surface area (Å²) in [7, 11) is 0. The highest BCUT2D eigenvalue weighted by Gasteiger charge is 2.43. The molecule has 1 aromatic carbocycles. The molecule has 2 aromatic rings.